The molecule has 1 aliphatic carbocycles. The van der Waals surface area contributed by atoms with Gasteiger partial charge in [0, 0.05) is 12.0 Å². The van der Waals surface area contributed by atoms with Crippen LogP contribution in [0.15, 0.2) is 24.3 Å². The van der Waals surface area contributed by atoms with E-state index in [9.17, 15) is 9.59 Å². The molecule has 1 amide bonds. The van der Waals surface area contributed by atoms with E-state index >= 15 is 0 Å². The molecule has 0 heterocycles. The molecule has 0 bridgehead atoms. The fourth-order valence-corrected chi connectivity index (χ4v) is 3.24. The Hall–Kier alpha value is -1.84. The van der Waals surface area contributed by atoms with Crippen LogP contribution in [0, 0.1) is 11.3 Å². The highest BCUT2D eigenvalue weighted by Gasteiger charge is 2.37. The third kappa shape index (κ3) is 3.87. The third-order valence-electron chi connectivity index (χ3n) is 4.83. The van der Waals surface area contributed by atoms with Gasteiger partial charge in [-0.25, -0.2) is 4.79 Å². The van der Waals surface area contributed by atoms with E-state index in [0.29, 0.717) is 18.9 Å². The molecule has 0 atom stereocenters. The Kier molecular flexibility index (Phi) is 5.22. The van der Waals surface area contributed by atoms with Crippen molar-refractivity contribution in [1.82, 2.24) is 5.32 Å². The number of benzene rings is 1. The molecule has 120 valence electrons. The quantitative estimate of drug-likeness (QED) is 0.847. The second kappa shape index (κ2) is 6.95. The topological polar surface area (TPSA) is 66.4 Å². The summed E-state index contributed by atoms with van der Waals surface area (Å²) in [5, 5.41) is 12.0. The maximum absolute atomic E-state index is 12.4. The first-order valence-corrected chi connectivity index (χ1v) is 8.02. The highest BCUT2D eigenvalue weighted by atomic mass is 16.4. The molecule has 1 saturated carbocycles. The summed E-state index contributed by atoms with van der Waals surface area (Å²) in [6, 6.07) is 6.87. The molecular weight excluding hydrogens is 278 g/mol. The predicted octanol–water partition coefficient (Wildman–Crippen LogP) is 3.26. The molecule has 0 saturated heterocycles. The molecule has 4 heteroatoms. The van der Waals surface area contributed by atoms with Gasteiger partial charge in [0.15, 0.2) is 0 Å². The number of carboxylic acid groups (broad SMARTS) is 1. The van der Waals surface area contributed by atoms with Gasteiger partial charge >= 0.3 is 5.97 Å². The summed E-state index contributed by atoms with van der Waals surface area (Å²) in [5.41, 5.74) is 0.897. The van der Waals surface area contributed by atoms with Crippen LogP contribution in [0.2, 0.25) is 0 Å². The molecule has 1 aliphatic rings. The number of carboxylic acids is 1. The number of nitrogens with one attached hydrogen (secondary N) is 1. The van der Waals surface area contributed by atoms with Gasteiger partial charge in [-0.05, 0) is 42.9 Å². The Morgan fingerprint density at radius 3 is 2.59 bits per heavy atom. The van der Waals surface area contributed by atoms with Crippen LogP contribution in [0.1, 0.15) is 55.5 Å². The van der Waals surface area contributed by atoms with Crippen molar-refractivity contribution in [2.24, 2.45) is 11.3 Å². The minimum absolute atomic E-state index is 0.105. The summed E-state index contributed by atoms with van der Waals surface area (Å²) in [6.07, 6.45) is 5.38. The average Bonchev–Trinajstić information content (AvgIpc) is 3.02. The number of amides is 1. The SMILES string of the molecule is CC(C)(C(=O)NCCc1cccc(C(=O)O)c1)C1CCCC1. The fraction of sp³-hybridized carbons (Fsp3) is 0.556. The lowest BCUT2D eigenvalue weighted by Crippen LogP contribution is -2.41. The summed E-state index contributed by atoms with van der Waals surface area (Å²) >= 11 is 0. The first-order chi connectivity index (χ1) is 10.4. The number of rotatable bonds is 6. The molecule has 22 heavy (non-hydrogen) atoms. The van der Waals surface area contributed by atoms with Crippen LogP contribution in [0.25, 0.3) is 0 Å². The molecule has 0 radical (unpaired) electrons. The Morgan fingerprint density at radius 1 is 1.27 bits per heavy atom. The largest absolute Gasteiger partial charge is 0.478 e. The molecule has 0 unspecified atom stereocenters. The molecule has 1 fully saturated rings. The second-order valence-electron chi connectivity index (χ2n) is 6.71. The normalized spacial score (nSPS) is 15.7. The van der Waals surface area contributed by atoms with Gasteiger partial charge in [-0.1, -0.05) is 38.8 Å². The minimum Gasteiger partial charge on any atom is -0.478 e. The number of aromatic carboxylic acids is 1. The smallest absolute Gasteiger partial charge is 0.335 e. The molecule has 4 nitrogen and oxygen atoms in total. The monoisotopic (exact) mass is 303 g/mol. The van der Waals surface area contributed by atoms with E-state index in [1.165, 1.54) is 12.8 Å². The van der Waals surface area contributed by atoms with Crippen molar-refractivity contribution < 1.29 is 14.7 Å². The van der Waals surface area contributed by atoms with Gasteiger partial charge in [0.2, 0.25) is 5.91 Å². The highest BCUT2D eigenvalue weighted by Crippen LogP contribution is 2.39. The number of hydrogen-bond donors (Lipinski definition) is 2. The van der Waals surface area contributed by atoms with Crippen molar-refractivity contribution in [1.29, 1.82) is 0 Å². The molecule has 0 aliphatic heterocycles. The lowest BCUT2D eigenvalue weighted by Gasteiger charge is -2.30. The van der Waals surface area contributed by atoms with Crippen molar-refractivity contribution in [3.8, 4) is 0 Å². The molecular formula is C18H25NO3. The van der Waals surface area contributed by atoms with Gasteiger partial charge in [0.05, 0.1) is 5.56 Å². The lowest BCUT2D eigenvalue weighted by atomic mass is 9.77. The van der Waals surface area contributed by atoms with E-state index < -0.39 is 5.97 Å². The van der Waals surface area contributed by atoms with E-state index in [0.717, 1.165) is 18.4 Å². The Labute approximate surface area is 131 Å². The van der Waals surface area contributed by atoms with Crippen molar-refractivity contribution in [3.63, 3.8) is 0 Å². The highest BCUT2D eigenvalue weighted by molar-refractivity contribution is 5.87. The van der Waals surface area contributed by atoms with Crippen LogP contribution in [-0.4, -0.2) is 23.5 Å². The lowest BCUT2D eigenvalue weighted by molar-refractivity contribution is -0.132. The summed E-state index contributed by atoms with van der Waals surface area (Å²) in [5.74, 6) is -0.343. The summed E-state index contributed by atoms with van der Waals surface area (Å²) in [4.78, 5) is 23.4. The van der Waals surface area contributed by atoms with Gasteiger partial charge in [0.1, 0.15) is 0 Å². The van der Waals surface area contributed by atoms with Gasteiger partial charge in [-0.15, -0.1) is 0 Å². The second-order valence-corrected chi connectivity index (χ2v) is 6.71. The summed E-state index contributed by atoms with van der Waals surface area (Å²) in [6.45, 7) is 4.60. The van der Waals surface area contributed by atoms with E-state index in [2.05, 4.69) is 5.32 Å². The zero-order valence-electron chi connectivity index (χ0n) is 13.4. The Balaban J connectivity index is 1.86. The minimum atomic E-state index is -0.923. The number of carbonyl (C=O) groups excluding carboxylic acids is 1. The molecule has 0 aromatic heterocycles. The summed E-state index contributed by atoms with van der Waals surface area (Å²) in [7, 11) is 0. The third-order valence-corrected chi connectivity index (χ3v) is 4.83. The van der Waals surface area contributed by atoms with Crippen LogP contribution in [0.5, 0.6) is 0 Å². The van der Waals surface area contributed by atoms with E-state index in [1.807, 2.05) is 19.9 Å². The van der Waals surface area contributed by atoms with Crippen molar-refractivity contribution in [2.45, 2.75) is 46.0 Å². The first-order valence-electron chi connectivity index (χ1n) is 8.02. The van der Waals surface area contributed by atoms with Crippen LogP contribution in [0.3, 0.4) is 0 Å². The Bertz CT molecular complexity index is 545. The van der Waals surface area contributed by atoms with Crippen LogP contribution >= 0.6 is 0 Å². The van der Waals surface area contributed by atoms with Crippen molar-refractivity contribution >= 4 is 11.9 Å². The van der Waals surface area contributed by atoms with Gasteiger partial charge in [0.25, 0.3) is 0 Å². The fourth-order valence-electron chi connectivity index (χ4n) is 3.24. The zero-order valence-corrected chi connectivity index (χ0v) is 13.4. The van der Waals surface area contributed by atoms with Crippen LogP contribution < -0.4 is 5.32 Å². The van der Waals surface area contributed by atoms with Crippen LogP contribution in [-0.2, 0) is 11.2 Å². The molecule has 1 aromatic carbocycles. The van der Waals surface area contributed by atoms with Crippen molar-refractivity contribution in [3.05, 3.63) is 35.4 Å². The molecule has 1 aromatic rings. The molecule has 2 N–H and O–H groups in total. The van der Waals surface area contributed by atoms with E-state index in [4.69, 9.17) is 5.11 Å². The zero-order chi connectivity index (χ0) is 16.2. The standard InChI is InChI=1S/C18H25NO3/c1-18(2,15-8-3-4-9-15)17(22)19-11-10-13-6-5-7-14(12-13)16(20)21/h5-7,12,15H,3-4,8-11H2,1-2H3,(H,19,22)(H,20,21). The first kappa shape index (κ1) is 16.5. The maximum Gasteiger partial charge on any atom is 0.335 e. The average molecular weight is 303 g/mol. The van der Waals surface area contributed by atoms with Gasteiger partial charge < -0.3 is 10.4 Å². The van der Waals surface area contributed by atoms with Crippen LogP contribution in [0.4, 0.5) is 0 Å². The van der Waals surface area contributed by atoms with E-state index in [1.54, 1.807) is 18.2 Å². The maximum atomic E-state index is 12.4. The predicted molar refractivity (Wildman–Crippen MR) is 85.9 cm³/mol. The number of carbonyl (C=O) groups is 2. The van der Waals surface area contributed by atoms with Gasteiger partial charge in [-0.2, -0.15) is 0 Å². The molecule has 2 rings (SSSR count). The van der Waals surface area contributed by atoms with Gasteiger partial charge in [-0.3, -0.25) is 4.79 Å². The van der Waals surface area contributed by atoms with Crippen molar-refractivity contribution in [2.75, 3.05) is 6.54 Å². The molecule has 0 spiro atoms. The number of hydrogen-bond acceptors (Lipinski definition) is 2. The van der Waals surface area contributed by atoms with E-state index in [-0.39, 0.29) is 16.9 Å². The Morgan fingerprint density at radius 2 is 1.95 bits per heavy atom. The summed E-state index contributed by atoms with van der Waals surface area (Å²) < 4.78 is 0.